The highest BCUT2D eigenvalue weighted by Gasteiger charge is 2.34. The van der Waals surface area contributed by atoms with Gasteiger partial charge in [-0.1, -0.05) is 24.3 Å². The summed E-state index contributed by atoms with van der Waals surface area (Å²) in [5.74, 6) is 0.440. The smallest absolute Gasteiger partial charge is 0.245 e. The lowest BCUT2D eigenvalue weighted by Gasteiger charge is -2.34. The van der Waals surface area contributed by atoms with Crippen LogP contribution >= 0.6 is 0 Å². The second-order valence-electron chi connectivity index (χ2n) is 5.82. The average molecular weight is 325 g/mol. The first-order valence-electron chi connectivity index (χ1n) is 8.08. The minimum atomic E-state index is -0.449. The molecule has 0 saturated heterocycles. The summed E-state index contributed by atoms with van der Waals surface area (Å²) in [7, 11) is 0. The van der Waals surface area contributed by atoms with Gasteiger partial charge in [0.2, 0.25) is 5.91 Å². The Labute approximate surface area is 141 Å². The Kier molecular flexibility index (Phi) is 4.51. The molecule has 1 unspecified atom stereocenters. The maximum absolute atomic E-state index is 12.8. The van der Waals surface area contributed by atoms with E-state index in [4.69, 9.17) is 0 Å². The van der Waals surface area contributed by atoms with Crippen LogP contribution in [0.5, 0.6) is 0 Å². The van der Waals surface area contributed by atoms with Crippen molar-refractivity contribution in [2.75, 3.05) is 11.4 Å². The van der Waals surface area contributed by atoms with Crippen LogP contribution in [0.3, 0.4) is 0 Å². The van der Waals surface area contributed by atoms with E-state index in [1.54, 1.807) is 15.7 Å². The number of anilines is 2. The Morgan fingerprint density at radius 3 is 2.71 bits per heavy atom. The fraction of sp³-hybridized carbons (Fsp3) is 0.333. The lowest BCUT2D eigenvalue weighted by molar-refractivity contribution is -0.118. The molecule has 3 rings (SSSR count). The van der Waals surface area contributed by atoms with Crippen molar-refractivity contribution in [3.05, 3.63) is 59.5 Å². The number of benzene rings is 1. The number of aryl methyl sites for hydroxylation is 2. The Morgan fingerprint density at radius 1 is 1.38 bits per heavy atom. The summed E-state index contributed by atoms with van der Waals surface area (Å²) < 4.78 is 1.80. The summed E-state index contributed by atoms with van der Waals surface area (Å²) in [6.45, 7) is 8.04. The Morgan fingerprint density at radius 2 is 2.08 bits per heavy atom. The molecule has 2 heterocycles. The summed E-state index contributed by atoms with van der Waals surface area (Å²) in [6.07, 6.45) is 2.19. The zero-order chi connectivity index (χ0) is 17.3. The van der Waals surface area contributed by atoms with E-state index in [2.05, 4.69) is 11.7 Å². The largest absolute Gasteiger partial charge is 0.784 e. The van der Waals surface area contributed by atoms with Gasteiger partial charge in [-0.15, -0.1) is 6.58 Å². The Hall–Kier alpha value is -2.44. The molecule has 6 nitrogen and oxygen atoms in total. The van der Waals surface area contributed by atoms with Crippen LogP contribution in [-0.2, 0) is 11.3 Å². The van der Waals surface area contributed by atoms with Gasteiger partial charge in [0, 0.05) is 18.2 Å². The molecule has 0 N–H and O–H groups in total. The Balaban J connectivity index is 2.26. The monoisotopic (exact) mass is 325 g/mol. The van der Waals surface area contributed by atoms with Gasteiger partial charge in [-0.2, -0.15) is 5.10 Å². The van der Waals surface area contributed by atoms with Crippen molar-refractivity contribution < 1.29 is 4.79 Å². The van der Waals surface area contributed by atoms with E-state index in [1.165, 1.54) is 0 Å². The molecule has 24 heavy (non-hydrogen) atoms. The predicted octanol–water partition coefficient (Wildman–Crippen LogP) is 3.31. The van der Waals surface area contributed by atoms with Crippen LogP contribution in [0.1, 0.15) is 30.6 Å². The Bertz CT molecular complexity index is 754. The first-order chi connectivity index (χ1) is 11.6. The van der Waals surface area contributed by atoms with Crippen LogP contribution in [0, 0.1) is 12.1 Å². The van der Waals surface area contributed by atoms with Crippen LogP contribution in [0.25, 0.3) is 0 Å². The number of hydrogen-bond donors (Lipinski definition) is 0. The van der Waals surface area contributed by atoms with Crippen molar-refractivity contribution in [1.82, 2.24) is 14.8 Å². The number of rotatable bonds is 4. The molecule has 126 valence electrons. The zero-order valence-corrected chi connectivity index (χ0v) is 14.0. The molecule has 1 aromatic carbocycles. The van der Waals surface area contributed by atoms with Crippen LogP contribution in [0.15, 0.2) is 43.0 Å². The van der Waals surface area contributed by atoms with Gasteiger partial charge in [0.15, 0.2) is 0 Å². The lowest BCUT2D eigenvalue weighted by Crippen LogP contribution is -2.34. The molecular weight excluding hydrogens is 304 g/mol. The molecule has 0 fully saturated rings. The quantitative estimate of drug-likeness (QED) is 0.809. The van der Waals surface area contributed by atoms with Crippen LogP contribution in [0.4, 0.5) is 11.5 Å². The number of nitrogens with zero attached hydrogens (tertiary/aromatic N) is 4. The number of para-hydroxylation sites is 1. The minimum Gasteiger partial charge on any atom is -0.784 e. The highest BCUT2D eigenvalue weighted by molar-refractivity contribution is 6.02. The topological polar surface area (TPSA) is 64.4 Å². The van der Waals surface area contributed by atoms with Gasteiger partial charge in [0.25, 0.3) is 0 Å². The van der Waals surface area contributed by atoms with Crippen LogP contribution < -0.4 is 4.90 Å². The fourth-order valence-corrected chi connectivity index (χ4v) is 3.24. The molecule has 1 aliphatic rings. The molecule has 0 aliphatic carbocycles. The molecule has 0 spiro atoms. The maximum atomic E-state index is 12.8. The molecule has 1 aliphatic heterocycles. The van der Waals surface area contributed by atoms with E-state index in [9.17, 15) is 10.0 Å². The van der Waals surface area contributed by atoms with Crippen molar-refractivity contribution in [2.45, 2.75) is 32.9 Å². The average Bonchev–Trinajstić information content (AvgIpc) is 2.84. The number of hydrogen-bond acceptors (Lipinski definition) is 4. The van der Waals surface area contributed by atoms with E-state index in [0.29, 0.717) is 18.8 Å². The minimum absolute atomic E-state index is 0.189. The molecule has 0 bridgehead atoms. The van der Waals surface area contributed by atoms with Gasteiger partial charge >= 0.3 is 0 Å². The third kappa shape index (κ3) is 2.64. The second-order valence-corrected chi connectivity index (χ2v) is 5.82. The number of carbonyl (C=O) groups is 1. The number of aromatic nitrogens is 2. The number of carbonyl (C=O) groups excluding carboxylic acids is 1. The fourth-order valence-electron chi connectivity index (χ4n) is 3.24. The van der Waals surface area contributed by atoms with E-state index >= 15 is 0 Å². The second kappa shape index (κ2) is 6.59. The van der Waals surface area contributed by atoms with Crippen molar-refractivity contribution >= 4 is 17.4 Å². The highest BCUT2D eigenvalue weighted by Crippen LogP contribution is 2.40. The van der Waals surface area contributed by atoms with Gasteiger partial charge in [-0.3, -0.25) is 9.69 Å². The van der Waals surface area contributed by atoms with Gasteiger partial charge in [0.1, 0.15) is 5.82 Å². The van der Waals surface area contributed by atoms with Gasteiger partial charge in [0.05, 0.1) is 17.9 Å². The van der Waals surface area contributed by atoms with Gasteiger partial charge in [-0.05, 0) is 32.4 Å². The van der Waals surface area contributed by atoms with E-state index in [1.807, 2.05) is 44.2 Å². The van der Waals surface area contributed by atoms with E-state index in [0.717, 1.165) is 22.0 Å². The maximum Gasteiger partial charge on any atom is 0.245 e. The van der Waals surface area contributed by atoms with Gasteiger partial charge in [-0.25, -0.2) is 4.68 Å². The molecule has 0 radical (unpaired) electrons. The van der Waals surface area contributed by atoms with Crippen LogP contribution in [0.2, 0.25) is 0 Å². The molecular formula is C18H21N4O2-. The van der Waals surface area contributed by atoms with Crippen molar-refractivity contribution in [1.29, 1.82) is 0 Å². The van der Waals surface area contributed by atoms with E-state index < -0.39 is 6.04 Å². The third-order valence-electron chi connectivity index (χ3n) is 4.28. The zero-order valence-electron chi connectivity index (χ0n) is 14.0. The summed E-state index contributed by atoms with van der Waals surface area (Å²) in [6, 6.07) is 8.94. The summed E-state index contributed by atoms with van der Waals surface area (Å²) in [5, 5.41) is 18.0. The lowest BCUT2D eigenvalue weighted by atomic mass is 10.0. The number of fused-ring (bicyclic) bond motifs is 1. The number of hydroxylamine groups is 2. The standard InChI is InChI=1S/C18H21N4O2/c1-4-9-15-17-13(3)19-20(5-2)18(17)22(16(23)12-21(15)24)14-10-7-6-8-11-14/h4,6-8,10-11,15H,1,5,9,12H2,2-3H3/q-1. The van der Waals surface area contributed by atoms with Crippen molar-refractivity contribution in [2.24, 2.45) is 0 Å². The molecule has 0 saturated carbocycles. The highest BCUT2D eigenvalue weighted by atomic mass is 16.5. The first-order valence-corrected chi connectivity index (χ1v) is 8.08. The number of amides is 1. The first kappa shape index (κ1) is 16.4. The predicted molar refractivity (Wildman–Crippen MR) is 93.9 cm³/mol. The summed E-state index contributed by atoms with van der Waals surface area (Å²) in [5.41, 5.74) is 2.32. The molecule has 1 amide bonds. The summed E-state index contributed by atoms with van der Waals surface area (Å²) >= 11 is 0. The van der Waals surface area contributed by atoms with Gasteiger partial charge < -0.3 is 10.3 Å². The third-order valence-corrected chi connectivity index (χ3v) is 4.28. The van der Waals surface area contributed by atoms with Crippen molar-refractivity contribution in [3.8, 4) is 0 Å². The van der Waals surface area contributed by atoms with Crippen LogP contribution in [-0.4, -0.2) is 27.3 Å². The van der Waals surface area contributed by atoms with Crippen molar-refractivity contribution in [3.63, 3.8) is 0 Å². The molecule has 1 aromatic heterocycles. The SMILES string of the molecule is C=CCC1c2c(C)nn(CC)c2N(c2ccccc2)C(=O)CN1[O-]. The molecule has 6 heteroatoms. The molecule has 1 atom stereocenters. The summed E-state index contributed by atoms with van der Waals surface area (Å²) in [4.78, 5) is 14.5. The normalized spacial score (nSPS) is 18.4. The molecule has 2 aromatic rings. The van der Waals surface area contributed by atoms with E-state index in [-0.39, 0.29) is 12.5 Å².